The lowest BCUT2D eigenvalue weighted by atomic mass is 10.3. The van der Waals surface area contributed by atoms with Crippen LogP contribution in [0, 0.1) is 6.20 Å². The Balaban J connectivity index is 2.95. The second-order valence-corrected chi connectivity index (χ2v) is 2.59. The molecule has 1 heterocycles. The first kappa shape index (κ1) is 7.76. The molecule has 0 saturated heterocycles. The minimum absolute atomic E-state index is 0.531. The topological polar surface area (TPSA) is 12.9 Å². The maximum Gasteiger partial charge on any atom is 0.109 e. The zero-order valence-electron chi connectivity index (χ0n) is 5.01. The van der Waals surface area contributed by atoms with Gasteiger partial charge in [0, 0.05) is 6.20 Å². The fourth-order valence-corrected chi connectivity index (χ4v) is 1.03. The quantitative estimate of drug-likeness (QED) is 0.705. The van der Waals surface area contributed by atoms with Gasteiger partial charge in [0.05, 0.1) is 5.02 Å². The van der Waals surface area contributed by atoms with Crippen molar-refractivity contribution < 1.29 is 0 Å². The fourth-order valence-electron chi connectivity index (χ4n) is 0.548. The highest BCUT2D eigenvalue weighted by molar-refractivity contribution is 9.11. The monoisotopic (exact) mass is 216 g/mol. The second-order valence-electron chi connectivity index (χ2n) is 1.65. The fraction of sp³-hybridized carbons (Fsp3) is 0. The van der Waals surface area contributed by atoms with Gasteiger partial charge in [0.2, 0.25) is 0 Å². The summed E-state index contributed by atoms with van der Waals surface area (Å²) in [5, 5.41) is 0.531. The smallest absolute Gasteiger partial charge is 0.109 e. The predicted molar refractivity (Wildman–Crippen MR) is 46.0 cm³/mol. The van der Waals surface area contributed by atoms with Crippen LogP contribution in [0.1, 0.15) is 5.56 Å². The van der Waals surface area contributed by atoms with E-state index < -0.39 is 0 Å². The van der Waals surface area contributed by atoms with Crippen molar-refractivity contribution >= 4 is 33.6 Å². The van der Waals surface area contributed by atoms with Crippen molar-refractivity contribution in [3.8, 4) is 0 Å². The van der Waals surface area contributed by atoms with Gasteiger partial charge in [0.25, 0.3) is 0 Å². The van der Waals surface area contributed by atoms with Gasteiger partial charge in [-0.05, 0) is 22.7 Å². The molecule has 0 aliphatic carbocycles. The number of hydrogen-bond acceptors (Lipinski definition) is 1. The van der Waals surface area contributed by atoms with E-state index in [0.29, 0.717) is 5.02 Å². The molecule has 10 heavy (non-hydrogen) atoms. The van der Waals surface area contributed by atoms with Gasteiger partial charge in [-0.1, -0.05) is 27.5 Å². The molecule has 0 unspecified atom stereocenters. The first-order valence-corrected chi connectivity index (χ1v) is 3.92. The van der Waals surface area contributed by atoms with Crippen LogP contribution in [0.3, 0.4) is 0 Å². The molecule has 0 fully saturated rings. The van der Waals surface area contributed by atoms with Crippen molar-refractivity contribution in [2.24, 2.45) is 0 Å². The van der Waals surface area contributed by atoms with Crippen LogP contribution in [0.4, 0.5) is 0 Å². The number of nitrogens with zero attached hydrogens (tertiary/aromatic N) is 1. The molecule has 0 amide bonds. The van der Waals surface area contributed by atoms with Gasteiger partial charge in [-0.3, -0.25) is 4.98 Å². The summed E-state index contributed by atoms with van der Waals surface area (Å²) in [4.78, 5) is 5.52. The molecular formula is C7H4BrClN. The van der Waals surface area contributed by atoms with E-state index in [1.165, 1.54) is 0 Å². The average molecular weight is 217 g/mol. The first-order valence-electron chi connectivity index (χ1n) is 2.63. The number of hydrogen-bond donors (Lipinski definition) is 0. The number of pyridine rings is 1. The molecule has 1 rings (SSSR count). The summed E-state index contributed by atoms with van der Waals surface area (Å²) in [6.45, 7) is 0. The molecule has 0 aliphatic rings. The summed E-state index contributed by atoms with van der Waals surface area (Å²) in [6, 6.07) is 1.78. The molecule has 0 N–H and O–H groups in total. The molecule has 0 aromatic carbocycles. The van der Waals surface area contributed by atoms with E-state index in [1.54, 1.807) is 17.2 Å². The average Bonchev–Trinajstić information content (AvgIpc) is 1.88. The Morgan fingerprint density at radius 3 is 3.10 bits per heavy atom. The molecule has 1 nitrogen and oxygen atoms in total. The van der Waals surface area contributed by atoms with Crippen LogP contribution in [-0.2, 0) is 0 Å². The number of rotatable bonds is 1. The van der Waals surface area contributed by atoms with Gasteiger partial charge >= 0.3 is 0 Å². The Morgan fingerprint density at radius 1 is 1.70 bits per heavy atom. The minimum Gasteiger partial charge on any atom is -0.252 e. The van der Waals surface area contributed by atoms with Crippen LogP contribution < -0.4 is 0 Å². The molecular weight excluding hydrogens is 213 g/mol. The van der Waals surface area contributed by atoms with E-state index in [1.807, 2.05) is 6.08 Å². The van der Waals surface area contributed by atoms with Crippen molar-refractivity contribution in [3.63, 3.8) is 0 Å². The predicted octanol–water partition coefficient (Wildman–Crippen LogP) is 2.90. The Bertz CT molecular complexity index is 247. The first-order chi connectivity index (χ1) is 4.83. The Kier molecular flexibility index (Phi) is 2.90. The van der Waals surface area contributed by atoms with Crippen LogP contribution in [-0.4, -0.2) is 4.98 Å². The van der Waals surface area contributed by atoms with Crippen LogP contribution in [0.25, 0.3) is 6.08 Å². The lowest BCUT2D eigenvalue weighted by Crippen LogP contribution is -1.75. The summed E-state index contributed by atoms with van der Waals surface area (Å²) in [5.74, 6) is 0. The number of aromatic nitrogens is 1. The lowest BCUT2D eigenvalue weighted by Gasteiger charge is -1.89. The summed E-state index contributed by atoms with van der Waals surface area (Å²) in [6.07, 6.45) is 6.13. The Hall–Kier alpha value is -0.340. The SMILES string of the molecule is Clc1[c]ncc(C=CBr)c1. The van der Waals surface area contributed by atoms with Gasteiger partial charge in [-0.2, -0.15) is 0 Å². The summed E-state index contributed by atoms with van der Waals surface area (Å²) < 4.78 is 0. The maximum absolute atomic E-state index is 5.61. The molecule has 0 atom stereocenters. The van der Waals surface area contributed by atoms with Gasteiger partial charge in [-0.25, -0.2) is 0 Å². The normalized spacial score (nSPS) is 10.6. The van der Waals surface area contributed by atoms with E-state index in [9.17, 15) is 0 Å². The van der Waals surface area contributed by atoms with Crippen LogP contribution in [0.2, 0.25) is 5.02 Å². The highest BCUT2D eigenvalue weighted by Crippen LogP contribution is 2.09. The maximum atomic E-state index is 5.61. The molecule has 0 saturated carbocycles. The van der Waals surface area contributed by atoms with Gasteiger partial charge < -0.3 is 0 Å². The van der Waals surface area contributed by atoms with Crippen molar-refractivity contribution in [2.75, 3.05) is 0 Å². The molecule has 1 aromatic rings. The number of halogens is 2. The molecule has 0 spiro atoms. The zero-order chi connectivity index (χ0) is 7.40. The van der Waals surface area contributed by atoms with Crippen LogP contribution in [0.5, 0.6) is 0 Å². The third-order valence-electron chi connectivity index (χ3n) is 0.934. The van der Waals surface area contributed by atoms with E-state index in [4.69, 9.17) is 11.6 Å². The molecule has 0 bridgehead atoms. The second kappa shape index (κ2) is 3.74. The standard InChI is InChI=1S/C7H4BrClN/c8-2-1-6-3-7(9)5-10-4-6/h1-4H. The summed E-state index contributed by atoms with van der Waals surface area (Å²) in [7, 11) is 0. The Morgan fingerprint density at radius 2 is 2.50 bits per heavy atom. The largest absolute Gasteiger partial charge is 0.252 e. The molecule has 51 valence electrons. The highest BCUT2D eigenvalue weighted by atomic mass is 79.9. The molecule has 3 heteroatoms. The van der Waals surface area contributed by atoms with E-state index in [0.717, 1.165) is 5.56 Å². The van der Waals surface area contributed by atoms with Gasteiger partial charge in [0.1, 0.15) is 6.20 Å². The zero-order valence-corrected chi connectivity index (χ0v) is 7.35. The third kappa shape index (κ3) is 2.12. The molecule has 1 radical (unpaired) electrons. The minimum atomic E-state index is 0.531. The van der Waals surface area contributed by atoms with Crippen molar-refractivity contribution in [1.29, 1.82) is 0 Å². The summed E-state index contributed by atoms with van der Waals surface area (Å²) >= 11 is 8.76. The third-order valence-corrected chi connectivity index (χ3v) is 1.39. The Labute approximate surface area is 72.9 Å². The molecule has 1 aromatic heterocycles. The van der Waals surface area contributed by atoms with Gasteiger partial charge in [-0.15, -0.1) is 0 Å². The highest BCUT2D eigenvalue weighted by Gasteiger charge is 1.88. The van der Waals surface area contributed by atoms with E-state index in [2.05, 4.69) is 27.1 Å². The van der Waals surface area contributed by atoms with Gasteiger partial charge in [0.15, 0.2) is 0 Å². The molecule has 0 aliphatic heterocycles. The van der Waals surface area contributed by atoms with Crippen molar-refractivity contribution in [2.45, 2.75) is 0 Å². The van der Waals surface area contributed by atoms with E-state index in [-0.39, 0.29) is 0 Å². The lowest BCUT2D eigenvalue weighted by molar-refractivity contribution is 1.30. The van der Waals surface area contributed by atoms with Crippen molar-refractivity contribution in [3.05, 3.63) is 34.0 Å². The van der Waals surface area contributed by atoms with Crippen LogP contribution >= 0.6 is 27.5 Å². The van der Waals surface area contributed by atoms with Crippen LogP contribution in [0.15, 0.2) is 17.2 Å². The van der Waals surface area contributed by atoms with Crippen molar-refractivity contribution in [1.82, 2.24) is 4.98 Å². The summed E-state index contributed by atoms with van der Waals surface area (Å²) in [5.41, 5.74) is 0.959. The van der Waals surface area contributed by atoms with E-state index >= 15 is 0 Å².